The van der Waals surface area contributed by atoms with Crippen LogP contribution in [-0.4, -0.2) is 85.2 Å². The van der Waals surface area contributed by atoms with Gasteiger partial charge in [0.25, 0.3) is 0 Å². The fourth-order valence-corrected chi connectivity index (χ4v) is 8.70. The van der Waals surface area contributed by atoms with Crippen LogP contribution in [0.15, 0.2) is 70.8 Å². The predicted octanol–water partition coefficient (Wildman–Crippen LogP) is 7.64. The first-order valence-electron chi connectivity index (χ1n) is 15.6. The number of aromatic nitrogens is 2. The minimum absolute atomic E-state index is 0.0312. The first-order chi connectivity index (χ1) is 23.3. The number of quaternary nitrogens is 1. The second-order valence-corrected chi connectivity index (χ2v) is 17.0. The number of sulfonamides is 1. The number of rotatable bonds is 15. The van der Waals surface area contributed by atoms with Crippen LogP contribution in [0.2, 0.25) is 10.0 Å². The Morgan fingerprint density at radius 3 is 2.32 bits per heavy atom. The van der Waals surface area contributed by atoms with Gasteiger partial charge in [0, 0.05) is 40.4 Å². The summed E-state index contributed by atoms with van der Waals surface area (Å²) in [4.78, 5) is 16.1. The minimum atomic E-state index is -4.44. The summed E-state index contributed by atoms with van der Waals surface area (Å²) in [6.45, 7) is 5.78. The van der Waals surface area contributed by atoms with Gasteiger partial charge in [-0.05, 0) is 61.0 Å². The zero-order valence-electron chi connectivity index (χ0n) is 28.9. The first-order valence-corrected chi connectivity index (χ1v) is 18.8. The Balaban J connectivity index is 1.70. The lowest BCUT2D eigenvalue weighted by Crippen LogP contribution is -2.45. The molecular formula is C35H41Cl2F2N4O5S2+. The van der Waals surface area contributed by atoms with Gasteiger partial charge in [0.1, 0.15) is 23.4 Å². The number of carbonyl (C=O) groups is 1. The van der Waals surface area contributed by atoms with Gasteiger partial charge in [-0.2, -0.15) is 4.31 Å². The standard InChI is InChI=1S/C35H40Cl2F2N4O5S2/c1-22(33(44)45)41(15-8-16-43(4,5)6)50(46,47)26-18-29(37)27(30(39)19-26)21-49-34-40-20-32(42(34)25-12-10-24(38)11-13-25)35(2,3)23-9-14-28(36)31(17-23)48-7/h9-14,17-20,22H,8,15-16,21H2,1-7H3/p+1. The number of methoxy groups -OCH3 is 1. The number of aliphatic carboxylic acids is 1. The minimum Gasteiger partial charge on any atom is -0.495 e. The number of ether oxygens (including phenoxy) is 1. The van der Waals surface area contributed by atoms with E-state index in [1.807, 2.05) is 51.7 Å². The van der Waals surface area contributed by atoms with Crippen LogP contribution in [0, 0.1) is 11.6 Å². The molecule has 50 heavy (non-hydrogen) atoms. The number of hydrogen-bond acceptors (Lipinski definition) is 6. The number of imidazole rings is 1. The Morgan fingerprint density at radius 2 is 1.74 bits per heavy atom. The van der Waals surface area contributed by atoms with Crippen LogP contribution < -0.4 is 4.74 Å². The fraction of sp³-hybridized carbons (Fsp3) is 0.371. The Bertz CT molecular complexity index is 1940. The molecule has 0 fully saturated rings. The summed E-state index contributed by atoms with van der Waals surface area (Å²) in [7, 11) is 2.92. The van der Waals surface area contributed by atoms with Gasteiger partial charge in [0.15, 0.2) is 5.16 Å². The van der Waals surface area contributed by atoms with Crippen molar-refractivity contribution in [2.24, 2.45) is 0 Å². The topological polar surface area (TPSA) is 102 Å². The molecule has 0 spiro atoms. The second-order valence-electron chi connectivity index (χ2n) is 13.4. The van der Waals surface area contributed by atoms with E-state index in [1.54, 1.807) is 24.4 Å². The Labute approximate surface area is 306 Å². The van der Waals surface area contributed by atoms with Crippen LogP contribution in [0.1, 0.15) is 44.0 Å². The molecule has 0 aliphatic heterocycles. The van der Waals surface area contributed by atoms with Gasteiger partial charge in [-0.15, -0.1) is 0 Å². The maximum absolute atomic E-state index is 15.8. The molecule has 0 saturated carbocycles. The smallest absolute Gasteiger partial charge is 0.321 e. The zero-order valence-corrected chi connectivity index (χ0v) is 32.0. The predicted molar refractivity (Wildman–Crippen MR) is 193 cm³/mol. The number of benzene rings is 3. The summed E-state index contributed by atoms with van der Waals surface area (Å²) < 4.78 is 65.8. The monoisotopic (exact) mass is 769 g/mol. The molecule has 1 unspecified atom stereocenters. The molecule has 1 N–H and O–H groups in total. The molecule has 270 valence electrons. The highest BCUT2D eigenvalue weighted by molar-refractivity contribution is 7.98. The SMILES string of the molecule is COc1cc(C(C)(C)c2cnc(SCc3c(F)cc(S(=O)(=O)N(CCC[N+](C)(C)C)C(C)C(=O)O)cc3Cl)n2-c2ccc(F)cc2)ccc1Cl. The highest BCUT2D eigenvalue weighted by Crippen LogP contribution is 2.40. The van der Waals surface area contributed by atoms with Crippen molar-refractivity contribution in [2.45, 2.75) is 54.5 Å². The third-order valence-electron chi connectivity index (χ3n) is 8.39. The number of thioether (sulfide) groups is 1. The molecule has 9 nitrogen and oxygen atoms in total. The van der Waals surface area contributed by atoms with Crippen molar-refractivity contribution in [3.05, 3.63) is 99.3 Å². The van der Waals surface area contributed by atoms with Crippen molar-refractivity contribution < 1.29 is 36.3 Å². The Hall–Kier alpha value is -3.20. The summed E-state index contributed by atoms with van der Waals surface area (Å²) >= 11 is 14.0. The van der Waals surface area contributed by atoms with Gasteiger partial charge in [0.2, 0.25) is 10.0 Å². The molecule has 0 amide bonds. The summed E-state index contributed by atoms with van der Waals surface area (Å²) in [5, 5.41) is 10.4. The van der Waals surface area contributed by atoms with Crippen molar-refractivity contribution in [2.75, 3.05) is 41.3 Å². The molecule has 1 atom stereocenters. The van der Waals surface area contributed by atoms with Gasteiger partial charge >= 0.3 is 5.97 Å². The van der Waals surface area contributed by atoms with Gasteiger partial charge in [-0.25, -0.2) is 22.2 Å². The van der Waals surface area contributed by atoms with Gasteiger partial charge in [-0.3, -0.25) is 9.36 Å². The van der Waals surface area contributed by atoms with Crippen LogP contribution in [0.3, 0.4) is 0 Å². The Kier molecular flexibility index (Phi) is 12.3. The lowest BCUT2D eigenvalue weighted by molar-refractivity contribution is -0.870. The fourth-order valence-electron chi connectivity index (χ4n) is 5.40. The Morgan fingerprint density at radius 1 is 1.08 bits per heavy atom. The van der Waals surface area contributed by atoms with Gasteiger partial charge in [-0.1, -0.05) is 54.9 Å². The zero-order chi connectivity index (χ0) is 37.2. The molecule has 4 rings (SSSR count). The summed E-state index contributed by atoms with van der Waals surface area (Å²) in [5.74, 6) is -2.14. The van der Waals surface area contributed by atoms with Crippen molar-refractivity contribution in [1.82, 2.24) is 13.9 Å². The third kappa shape index (κ3) is 8.80. The molecule has 0 aliphatic rings. The van der Waals surface area contributed by atoms with E-state index in [4.69, 9.17) is 27.9 Å². The highest BCUT2D eigenvalue weighted by Gasteiger charge is 2.35. The van der Waals surface area contributed by atoms with Crippen LogP contribution in [0.4, 0.5) is 8.78 Å². The molecule has 4 aromatic rings. The van der Waals surface area contributed by atoms with E-state index in [0.717, 1.165) is 39.5 Å². The van der Waals surface area contributed by atoms with E-state index >= 15 is 4.39 Å². The molecule has 0 saturated heterocycles. The van der Waals surface area contributed by atoms with Gasteiger partial charge in [0.05, 0.1) is 56.6 Å². The number of halogens is 4. The van der Waals surface area contributed by atoms with Crippen molar-refractivity contribution in [3.63, 3.8) is 0 Å². The molecule has 0 bridgehead atoms. The number of carboxylic acids is 1. The average Bonchev–Trinajstić information content (AvgIpc) is 3.47. The first kappa shape index (κ1) is 39.6. The lowest BCUT2D eigenvalue weighted by Gasteiger charge is -2.29. The molecule has 0 radical (unpaired) electrons. The van der Waals surface area contributed by atoms with Crippen LogP contribution >= 0.6 is 35.0 Å². The quantitative estimate of drug-likeness (QED) is 0.0980. The number of nitrogens with zero attached hydrogens (tertiary/aromatic N) is 4. The van der Waals surface area contributed by atoms with Crippen LogP contribution in [0.25, 0.3) is 5.69 Å². The van der Waals surface area contributed by atoms with Crippen molar-refractivity contribution >= 4 is 51.0 Å². The summed E-state index contributed by atoms with van der Waals surface area (Å²) in [6, 6.07) is 12.0. The maximum atomic E-state index is 15.8. The maximum Gasteiger partial charge on any atom is 0.321 e. The lowest BCUT2D eigenvalue weighted by atomic mass is 9.81. The van der Waals surface area contributed by atoms with Crippen molar-refractivity contribution in [1.29, 1.82) is 0 Å². The van der Waals surface area contributed by atoms with Crippen LogP contribution in [-0.2, 0) is 26.0 Å². The normalized spacial score (nSPS) is 13.1. The van der Waals surface area contributed by atoms with E-state index in [9.17, 15) is 22.7 Å². The number of carboxylic acid groups (broad SMARTS) is 1. The van der Waals surface area contributed by atoms with Gasteiger partial charge < -0.3 is 14.3 Å². The molecule has 1 heterocycles. The molecular weight excluding hydrogens is 729 g/mol. The van der Waals surface area contributed by atoms with E-state index in [-0.39, 0.29) is 22.9 Å². The van der Waals surface area contributed by atoms with Crippen LogP contribution in [0.5, 0.6) is 5.75 Å². The van der Waals surface area contributed by atoms with E-state index in [2.05, 4.69) is 4.98 Å². The largest absolute Gasteiger partial charge is 0.495 e. The van der Waals surface area contributed by atoms with E-state index < -0.39 is 44.0 Å². The molecule has 3 aromatic carbocycles. The van der Waals surface area contributed by atoms with E-state index in [1.165, 1.54) is 26.2 Å². The molecule has 15 heteroatoms. The van der Waals surface area contributed by atoms with Crippen molar-refractivity contribution in [3.8, 4) is 11.4 Å². The number of hydrogen-bond donors (Lipinski definition) is 1. The second kappa shape index (κ2) is 15.6. The highest BCUT2D eigenvalue weighted by atomic mass is 35.5. The summed E-state index contributed by atoms with van der Waals surface area (Å²) in [5.41, 5.74) is 1.59. The van der Waals surface area contributed by atoms with E-state index in [0.29, 0.717) is 39.1 Å². The average molecular weight is 771 g/mol. The molecule has 0 aliphatic carbocycles. The molecule has 1 aromatic heterocycles. The summed E-state index contributed by atoms with van der Waals surface area (Å²) in [6.07, 6.45) is 2.08. The third-order valence-corrected chi connectivity index (χ3v) is 12.0.